The first kappa shape index (κ1) is 13.9. The Morgan fingerprint density at radius 2 is 2.00 bits per heavy atom. The molecule has 6 heteroatoms. The maximum absolute atomic E-state index is 5.78. The number of rotatable bonds is 3. The molecule has 1 aromatic heterocycles. The molecule has 0 amide bonds. The Morgan fingerprint density at radius 3 is 2.68 bits per heavy atom. The standard InChI is InChI=1S/C13H15IN4O/c1-7-4-5-9(19-3)8(2)11(7)18-13-10(14)12(15)16-6-17-13/h4-6H,1-3H3,(H3,15,16,17,18). The van der Waals surface area contributed by atoms with Gasteiger partial charge < -0.3 is 15.8 Å². The molecule has 3 N–H and O–H groups in total. The van der Waals surface area contributed by atoms with Gasteiger partial charge in [0, 0.05) is 11.3 Å². The van der Waals surface area contributed by atoms with E-state index in [1.165, 1.54) is 6.33 Å². The summed E-state index contributed by atoms with van der Waals surface area (Å²) in [4.78, 5) is 8.18. The molecule has 0 bridgehead atoms. The van der Waals surface area contributed by atoms with Gasteiger partial charge in [0.05, 0.1) is 10.7 Å². The van der Waals surface area contributed by atoms with E-state index in [2.05, 4.69) is 37.9 Å². The second-order valence-electron chi connectivity index (χ2n) is 4.13. The van der Waals surface area contributed by atoms with E-state index in [0.29, 0.717) is 11.6 Å². The van der Waals surface area contributed by atoms with Gasteiger partial charge in [-0.05, 0) is 48.1 Å². The van der Waals surface area contributed by atoms with Crippen molar-refractivity contribution < 1.29 is 4.74 Å². The van der Waals surface area contributed by atoms with Crippen LogP contribution in [0.1, 0.15) is 11.1 Å². The Hall–Kier alpha value is -1.57. The number of aryl methyl sites for hydroxylation is 1. The normalized spacial score (nSPS) is 10.3. The third-order valence-electron chi connectivity index (χ3n) is 2.90. The van der Waals surface area contributed by atoms with Crippen LogP contribution < -0.4 is 15.8 Å². The first-order valence-electron chi connectivity index (χ1n) is 5.71. The van der Waals surface area contributed by atoms with E-state index in [0.717, 1.165) is 26.1 Å². The van der Waals surface area contributed by atoms with Crippen molar-refractivity contribution in [1.29, 1.82) is 0 Å². The number of nitrogens with two attached hydrogens (primary N) is 1. The van der Waals surface area contributed by atoms with E-state index in [1.54, 1.807) is 7.11 Å². The van der Waals surface area contributed by atoms with Crippen LogP contribution in [0.15, 0.2) is 18.5 Å². The van der Waals surface area contributed by atoms with Gasteiger partial charge in [0.15, 0.2) is 0 Å². The Balaban J connectivity index is 2.46. The fraction of sp³-hybridized carbons (Fsp3) is 0.231. The number of benzene rings is 1. The molecule has 0 fully saturated rings. The molecule has 19 heavy (non-hydrogen) atoms. The molecule has 0 spiro atoms. The summed E-state index contributed by atoms with van der Waals surface area (Å²) in [7, 11) is 1.66. The van der Waals surface area contributed by atoms with Crippen molar-refractivity contribution in [1.82, 2.24) is 9.97 Å². The molecule has 0 atom stereocenters. The maximum atomic E-state index is 5.78. The third-order valence-corrected chi connectivity index (χ3v) is 3.97. The fourth-order valence-corrected chi connectivity index (χ4v) is 2.24. The molecule has 2 aromatic rings. The number of ether oxygens (including phenoxy) is 1. The van der Waals surface area contributed by atoms with E-state index in [9.17, 15) is 0 Å². The fourth-order valence-electron chi connectivity index (χ4n) is 1.83. The van der Waals surface area contributed by atoms with Crippen molar-refractivity contribution in [3.05, 3.63) is 33.2 Å². The first-order chi connectivity index (χ1) is 9.04. The van der Waals surface area contributed by atoms with Crippen molar-refractivity contribution in [3.63, 3.8) is 0 Å². The number of nitrogen functional groups attached to an aromatic ring is 1. The Kier molecular flexibility index (Phi) is 4.08. The monoisotopic (exact) mass is 370 g/mol. The zero-order chi connectivity index (χ0) is 14.0. The second-order valence-corrected chi connectivity index (χ2v) is 5.21. The van der Waals surface area contributed by atoms with Gasteiger partial charge in [0.25, 0.3) is 0 Å². The molecule has 0 aliphatic carbocycles. The van der Waals surface area contributed by atoms with Crippen LogP contribution in [0.4, 0.5) is 17.3 Å². The van der Waals surface area contributed by atoms with Gasteiger partial charge in [0.1, 0.15) is 23.7 Å². The minimum atomic E-state index is 0.469. The van der Waals surface area contributed by atoms with E-state index in [1.807, 2.05) is 26.0 Å². The van der Waals surface area contributed by atoms with Crippen LogP contribution in [-0.2, 0) is 0 Å². The zero-order valence-electron chi connectivity index (χ0n) is 11.0. The molecule has 0 aliphatic rings. The highest BCUT2D eigenvalue weighted by Crippen LogP contribution is 2.32. The van der Waals surface area contributed by atoms with Crippen molar-refractivity contribution in [2.75, 3.05) is 18.2 Å². The summed E-state index contributed by atoms with van der Waals surface area (Å²) in [5, 5.41) is 3.31. The van der Waals surface area contributed by atoms with Crippen LogP contribution in [-0.4, -0.2) is 17.1 Å². The van der Waals surface area contributed by atoms with E-state index in [-0.39, 0.29) is 0 Å². The molecule has 5 nitrogen and oxygen atoms in total. The molecular weight excluding hydrogens is 355 g/mol. The average molecular weight is 370 g/mol. The lowest BCUT2D eigenvalue weighted by Gasteiger charge is -2.16. The van der Waals surface area contributed by atoms with E-state index in [4.69, 9.17) is 10.5 Å². The van der Waals surface area contributed by atoms with Crippen molar-refractivity contribution in [2.45, 2.75) is 13.8 Å². The minimum absolute atomic E-state index is 0.469. The predicted octanol–water partition coefficient (Wildman–Crippen LogP) is 3.03. The molecule has 1 heterocycles. The average Bonchev–Trinajstić information content (AvgIpc) is 2.39. The Labute approximate surface area is 125 Å². The van der Waals surface area contributed by atoms with E-state index < -0.39 is 0 Å². The maximum Gasteiger partial charge on any atom is 0.149 e. The van der Waals surface area contributed by atoms with E-state index >= 15 is 0 Å². The summed E-state index contributed by atoms with van der Waals surface area (Å²) < 4.78 is 6.14. The summed E-state index contributed by atoms with van der Waals surface area (Å²) in [5.41, 5.74) is 8.92. The highest BCUT2D eigenvalue weighted by molar-refractivity contribution is 14.1. The second kappa shape index (κ2) is 5.60. The number of halogens is 1. The van der Waals surface area contributed by atoms with Crippen molar-refractivity contribution in [2.24, 2.45) is 0 Å². The van der Waals surface area contributed by atoms with Gasteiger partial charge in [-0.3, -0.25) is 0 Å². The lowest BCUT2D eigenvalue weighted by Crippen LogP contribution is -2.04. The van der Waals surface area contributed by atoms with Crippen LogP contribution in [0.5, 0.6) is 5.75 Å². The number of nitrogens with zero attached hydrogens (tertiary/aromatic N) is 2. The molecule has 2 rings (SSSR count). The summed E-state index contributed by atoms with van der Waals surface area (Å²) in [5.74, 6) is 2.01. The molecule has 0 saturated carbocycles. The SMILES string of the molecule is COc1ccc(C)c(Nc2ncnc(N)c2I)c1C. The lowest BCUT2D eigenvalue weighted by molar-refractivity contribution is 0.412. The number of anilines is 3. The largest absolute Gasteiger partial charge is 0.496 e. The minimum Gasteiger partial charge on any atom is -0.496 e. The van der Waals surface area contributed by atoms with Crippen LogP contribution in [0.25, 0.3) is 0 Å². The number of methoxy groups -OCH3 is 1. The summed E-state index contributed by atoms with van der Waals surface area (Å²) in [6.07, 6.45) is 1.45. The van der Waals surface area contributed by atoms with Gasteiger partial charge in [-0.25, -0.2) is 9.97 Å². The highest BCUT2D eigenvalue weighted by atomic mass is 127. The van der Waals surface area contributed by atoms with Gasteiger partial charge >= 0.3 is 0 Å². The van der Waals surface area contributed by atoms with Crippen LogP contribution in [0.2, 0.25) is 0 Å². The van der Waals surface area contributed by atoms with Crippen LogP contribution >= 0.6 is 22.6 Å². The number of hydrogen-bond donors (Lipinski definition) is 2. The molecule has 100 valence electrons. The summed E-state index contributed by atoms with van der Waals surface area (Å²) >= 11 is 2.13. The number of hydrogen-bond acceptors (Lipinski definition) is 5. The first-order valence-corrected chi connectivity index (χ1v) is 6.79. The lowest BCUT2D eigenvalue weighted by atomic mass is 10.1. The number of aromatic nitrogens is 2. The van der Waals surface area contributed by atoms with Gasteiger partial charge in [0.2, 0.25) is 0 Å². The third kappa shape index (κ3) is 2.73. The molecule has 0 aliphatic heterocycles. The summed E-state index contributed by atoms with van der Waals surface area (Å²) in [6.45, 7) is 4.04. The molecule has 1 aromatic carbocycles. The predicted molar refractivity (Wildman–Crippen MR) is 84.9 cm³/mol. The summed E-state index contributed by atoms with van der Waals surface area (Å²) in [6, 6.07) is 3.96. The van der Waals surface area contributed by atoms with Gasteiger partial charge in [-0.2, -0.15) is 0 Å². The Morgan fingerprint density at radius 1 is 1.26 bits per heavy atom. The van der Waals surface area contributed by atoms with Gasteiger partial charge in [-0.1, -0.05) is 6.07 Å². The molecule has 0 saturated heterocycles. The quantitative estimate of drug-likeness (QED) is 0.813. The van der Waals surface area contributed by atoms with Crippen LogP contribution in [0, 0.1) is 17.4 Å². The molecular formula is C13H15IN4O. The molecule has 0 unspecified atom stereocenters. The van der Waals surface area contributed by atoms with Crippen molar-refractivity contribution >= 4 is 39.9 Å². The molecule has 0 radical (unpaired) electrons. The highest BCUT2D eigenvalue weighted by Gasteiger charge is 2.12. The van der Waals surface area contributed by atoms with Crippen LogP contribution in [0.3, 0.4) is 0 Å². The number of nitrogens with one attached hydrogen (secondary N) is 1. The zero-order valence-corrected chi connectivity index (χ0v) is 13.1. The van der Waals surface area contributed by atoms with Crippen molar-refractivity contribution in [3.8, 4) is 5.75 Å². The smallest absolute Gasteiger partial charge is 0.149 e. The Bertz CT molecular complexity index is 616. The van der Waals surface area contributed by atoms with Gasteiger partial charge in [-0.15, -0.1) is 0 Å². The topological polar surface area (TPSA) is 73.1 Å².